The van der Waals surface area contributed by atoms with Crippen molar-refractivity contribution < 1.29 is 4.79 Å². The highest BCUT2D eigenvalue weighted by molar-refractivity contribution is 5.81. The van der Waals surface area contributed by atoms with Crippen LogP contribution in [0.1, 0.15) is 36.9 Å². The van der Waals surface area contributed by atoms with Gasteiger partial charge in [-0.15, -0.1) is 0 Å². The third-order valence-electron chi connectivity index (χ3n) is 5.33. The van der Waals surface area contributed by atoms with E-state index in [1.54, 1.807) is 0 Å². The van der Waals surface area contributed by atoms with E-state index in [2.05, 4.69) is 67.2 Å². The fraction of sp³-hybridized carbons (Fsp3) is 0.409. The maximum atomic E-state index is 12.8. The minimum absolute atomic E-state index is 0.165. The first-order valence-corrected chi connectivity index (χ1v) is 9.18. The van der Waals surface area contributed by atoms with Crippen LogP contribution in [0.2, 0.25) is 0 Å². The van der Waals surface area contributed by atoms with Gasteiger partial charge >= 0.3 is 0 Å². The van der Waals surface area contributed by atoms with Gasteiger partial charge in [0.2, 0.25) is 5.91 Å². The number of likely N-dealkylation sites (tertiary alicyclic amines) is 1. The molecule has 0 aliphatic carbocycles. The first-order chi connectivity index (χ1) is 12.1. The minimum Gasteiger partial charge on any atom is -0.378 e. The second kappa shape index (κ2) is 7.73. The average Bonchev–Trinajstić information content (AvgIpc) is 3.01. The number of carbonyl (C=O) groups excluding carboxylic acids is 1. The Morgan fingerprint density at radius 3 is 2.40 bits per heavy atom. The zero-order valence-electron chi connectivity index (χ0n) is 15.5. The number of anilines is 1. The summed E-state index contributed by atoms with van der Waals surface area (Å²) in [7, 11) is 4.10. The van der Waals surface area contributed by atoms with Crippen molar-refractivity contribution in [2.24, 2.45) is 5.92 Å². The summed E-state index contributed by atoms with van der Waals surface area (Å²) in [5.41, 5.74) is 3.74. The summed E-state index contributed by atoms with van der Waals surface area (Å²) < 4.78 is 0. The van der Waals surface area contributed by atoms with Crippen LogP contribution in [0.4, 0.5) is 5.69 Å². The first kappa shape index (κ1) is 17.5. The van der Waals surface area contributed by atoms with Crippen molar-refractivity contribution in [1.82, 2.24) is 4.90 Å². The van der Waals surface area contributed by atoms with E-state index in [1.165, 1.54) is 16.8 Å². The summed E-state index contributed by atoms with van der Waals surface area (Å²) in [4.78, 5) is 17.0. The molecule has 25 heavy (non-hydrogen) atoms. The highest BCUT2D eigenvalue weighted by atomic mass is 16.2. The van der Waals surface area contributed by atoms with Gasteiger partial charge in [0.25, 0.3) is 0 Å². The van der Waals surface area contributed by atoms with Crippen LogP contribution in [-0.2, 0) is 11.2 Å². The summed E-state index contributed by atoms with van der Waals surface area (Å²) in [5, 5.41) is 0. The molecule has 0 radical (unpaired) electrons. The molecule has 0 bridgehead atoms. The molecule has 1 amide bonds. The molecule has 1 aliphatic rings. The van der Waals surface area contributed by atoms with E-state index in [9.17, 15) is 4.79 Å². The topological polar surface area (TPSA) is 23.6 Å². The molecular formula is C22H28N2O. The monoisotopic (exact) mass is 336 g/mol. The fourth-order valence-corrected chi connectivity index (χ4v) is 3.63. The number of amides is 1. The van der Waals surface area contributed by atoms with Crippen LogP contribution >= 0.6 is 0 Å². The standard InChI is InChI=1S/C22H28N2O/c1-17(19-7-5-4-6-8-19)24-16-15-20(22(24)25)12-9-18-10-13-21(14-11-18)23(2)3/h4-8,10-11,13-14,17,20H,9,12,15-16H2,1-3H3/t17-,20-/m0/s1. The predicted octanol–water partition coefficient (Wildman–Crippen LogP) is 4.29. The van der Waals surface area contributed by atoms with Crippen molar-refractivity contribution in [3.8, 4) is 0 Å². The van der Waals surface area contributed by atoms with Crippen LogP contribution in [0.3, 0.4) is 0 Å². The molecule has 1 fully saturated rings. The summed E-state index contributed by atoms with van der Waals surface area (Å²) >= 11 is 0. The smallest absolute Gasteiger partial charge is 0.226 e. The molecule has 1 saturated heterocycles. The normalized spacial score (nSPS) is 18.4. The third-order valence-corrected chi connectivity index (χ3v) is 5.33. The molecular weight excluding hydrogens is 308 g/mol. The molecule has 0 N–H and O–H groups in total. The second-order valence-electron chi connectivity index (χ2n) is 7.20. The average molecular weight is 336 g/mol. The Hall–Kier alpha value is -2.29. The number of hydrogen-bond donors (Lipinski definition) is 0. The quantitative estimate of drug-likeness (QED) is 0.785. The van der Waals surface area contributed by atoms with Crippen LogP contribution < -0.4 is 4.90 Å². The lowest BCUT2D eigenvalue weighted by molar-refractivity contribution is -0.132. The maximum Gasteiger partial charge on any atom is 0.226 e. The molecule has 3 heteroatoms. The van der Waals surface area contributed by atoms with Gasteiger partial charge in [0, 0.05) is 32.2 Å². The predicted molar refractivity (Wildman–Crippen MR) is 104 cm³/mol. The van der Waals surface area contributed by atoms with Crippen molar-refractivity contribution >= 4 is 11.6 Å². The van der Waals surface area contributed by atoms with Crippen molar-refractivity contribution in [3.05, 3.63) is 65.7 Å². The Morgan fingerprint density at radius 1 is 1.08 bits per heavy atom. The van der Waals surface area contributed by atoms with Crippen molar-refractivity contribution in [2.75, 3.05) is 25.5 Å². The van der Waals surface area contributed by atoms with E-state index in [4.69, 9.17) is 0 Å². The van der Waals surface area contributed by atoms with Crippen LogP contribution in [-0.4, -0.2) is 31.4 Å². The Balaban J connectivity index is 1.57. The maximum absolute atomic E-state index is 12.8. The number of carbonyl (C=O) groups is 1. The highest BCUT2D eigenvalue weighted by Crippen LogP contribution is 2.30. The molecule has 0 saturated carbocycles. The lowest BCUT2D eigenvalue weighted by Gasteiger charge is -2.25. The lowest BCUT2D eigenvalue weighted by atomic mass is 9.98. The van der Waals surface area contributed by atoms with Crippen LogP contribution in [0, 0.1) is 5.92 Å². The molecule has 2 atom stereocenters. The van der Waals surface area contributed by atoms with Gasteiger partial charge in [0.15, 0.2) is 0 Å². The van der Waals surface area contributed by atoms with Gasteiger partial charge in [-0.05, 0) is 49.4 Å². The second-order valence-corrected chi connectivity index (χ2v) is 7.20. The van der Waals surface area contributed by atoms with Gasteiger partial charge in [-0.1, -0.05) is 42.5 Å². The van der Waals surface area contributed by atoms with Crippen molar-refractivity contribution in [1.29, 1.82) is 0 Å². The highest BCUT2D eigenvalue weighted by Gasteiger charge is 2.34. The molecule has 1 aliphatic heterocycles. The molecule has 1 heterocycles. The van der Waals surface area contributed by atoms with Gasteiger partial charge < -0.3 is 9.80 Å². The molecule has 0 aromatic heterocycles. The fourth-order valence-electron chi connectivity index (χ4n) is 3.63. The van der Waals surface area contributed by atoms with Crippen LogP contribution in [0.25, 0.3) is 0 Å². The number of aryl methyl sites for hydroxylation is 1. The van der Waals surface area contributed by atoms with Gasteiger partial charge in [-0.25, -0.2) is 0 Å². The van der Waals surface area contributed by atoms with Crippen molar-refractivity contribution in [3.63, 3.8) is 0 Å². The summed E-state index contributed by atoms with van der Waals surface area (Å²) in [6, 6.07) is 19.1. The molecule has 2 aromatic carbocycles. The number of rotatable bonds is 6. The van der Waals surface area contributed by atoms with E-state index in [0.29, 0.717) is 5.91 Å². The Bertz CT molecular complexity index is 694. The molecule has 0 unspecified atom stereocenters. The van der Waals surface area contributed by atoms with Gasteiger partial charge in [0.05, 0.1) is 6.04 Å². The van der Waals surface area contributed by atoms with Crippen molar-refractivity contribution in [2.45, 2.75) is 32.2 Å². The lowest BCUT2D eigenvalue weighted by Crippen LogP contribution is -2.30. The van der Waals surface area contributed by atoms with E-state index in [1.807, 2.05) is 18.2 Å². The van der Waals surface area contributed by atoms with E-state index < -0.39 is 0 Å². The summed E-state index contributed by atoms with van der Waals surface area (Å²) in [6.07, 6.45) is 2.89. The SMILES string of the molecule is C[C@@H](c1ccccc1)N1CC[C@H](CCc2ccc(N(C)C)cc2)C1=O. The number of benzene rings is 2. The van der Waals surface area contributed by atoms with Gasteiger partial charge in [-0.3, -0.25) is 4.79 Å². The molecule has 2 aromatic rings. The Kier molecular flexibility index (Phi) is 5.42. The Morgan fingerprint density at radius 2 is 1.76 bits per heavy atom. The zero-order valence-corrected chi connectivity index (χ0v) is 15.5. The number of hydrogen-bond acceptors (Lipinski definition) is 2. The van der Waals surface area contributed by atoms with Crippen LogP contribution in [0.15, 0.2) is 54.6 Å². The van der Waals surface area contributed by atoms with E-state index in [-0.39, 0.29) is 12.0 Å². The Labute approximate surface area is 151 Å². The molecule has 132 valence electrons. The first-order valence-electron chi connectivity index (χ1n) is 9.18. The van der Waals surface area contributed by atoms with Gasteiger partial charge in [-0.2, -0.15) is 0 Å². The zero-order chi connectivity index (χ0) is 17.8. The summed E-state index contributed by atoms with van der Waals surface area (Å²) in [5.74, 6) is 0.487. The van der Waals surface area contributed by atoms with E-state index >= 15 is 0 Å². The van der Waals surface area contributed by atoms with Gasteiger partial charge in [0.1, 0.15) is 0 Å². The minimum atomic E-state index is 0.165. The molecule has 0 spiro atoms. The van der Waals surface area contributed by atoms with E-state index in [0.717, 1.165) is 25.8 Å². The van der Waals surface area contributed by atoms with Crippen LogP contribution in [0.5, 0.6) is 0 Å². The third kappa shape index (κ3) is 4.04. The molecule has 3 rings (SSSR count). The summed E-state index contributed by atoms with van der Waals surface area (Å²) in [6.45, 7) is 3.01. The largest absolute Gasteiger partial charge is 0.378 e. The molecule has 3 nitrogen and oxygen atoms in total. The number of nitrogens with zero attached hydrogens (tertiary/aromatic N) is 2.